The van der Waals surface area contributed by atoms with Crippen LogP contribution in [-0.2, 0) is 9.59 Å². The summed E-state index contributed by atoms with van der Waals surface area (Å²) < 4.78 is 0. The summed E-state index contributed by atoms with van der Waals surface area (Å²) in [5.41, 5.74) is 0.868. The van der Waals surface area contributed by atoms with Gasteiger partial charge in [-0.1, -0.05) is 38.1 Å². The van der Waals surface area contributed by atoms with E-state index in [0.717, 1.165) is 4.88 Å². The van der Waals surface area contributed by atoms with E-state index in [1.165, 1.54) is 11.3 Å². The number of benzene rings is 1. The predicted molar refractivity (Wildman–Crippen MR) is 87.2 cm³/mol. The molecule has 0 atom stereocenters. The van der Waals surface area contributed by atoms with Crippen molar-refractivity contribution in [3.8, 4) is 0 Å². The van der Waals surface area contributed by atoms with Crippen molar-refractivity contribution in [1.82, 2.24) is 0 Å². The van der Waals surface area contributed by atoms with Crippen LogP contribution in [0.15, 0.2) is 53.4 Å². The number of ketones is 1. The summed E-state index contributed by atoms with van der Waals surface area (Å²) in [6.07, 6.45) is 1.66. The van der Waals surface area contributed by atoms with Gasteiger partial charge in [-0.25, -0.2) is 0 Å². The van der Waals surface area contributed by atoms with Crippen LogP contribution < -0.4 is 5.32 Å². The molecule has 1 aromatic heterocycles. The summed E-state index contributed by atoms with van der Waals surface area (Å²) in [5, 5.41) is 4.68. The van der Waals surface area contributed by atoms with Gasteiger partial charge in [0.05, 0.1) is 5.57 Å². The molecule has 0 aliphatic rings. The molecule has 2 aromatic rings. The first-order valence-electron chi connectivity index (χ1n) is 6.73. The van der Waals surface area contributed by atoms with Crippen LogP contribution >= 0.6 is 11.3 Å². The molecule has 4 heteroatoms. The second kappa shape index (κ2) is 6.99. The second-order valence-corrected chi connectivity index (χ2v) is 5.89. The minimum absolute atomic E-state index is 0.156. The number of hydrogen-bond donors (Lipinski definition) is 1. The average molecular weight is 299 g/mol. The molecule has 1 aromatic carbocycles. The smallest absolute Gasteiger partial charge is 0.259 e. The Morgan fingerprint density at radius 1 is 1.10 bits per heavy atom. The molecule has 0 spiro atoms. The summed E-state index contributed by atoms with van der Waals surface area (Å²) in [6, 6.07) is 12.9. The highest BCUT2D eigenvalue weighted by Gasteiger charge is 2.21. The molecule has 2 rings (SSSR count). The van der Waals surface area contributed by atoms with Crippen molar-refractivity contribution in [2.24, 2.45) is 5.92 Å². The van der Waals surface area contributed by atoms with Crippen molar-refractivity contribution < 1.29 is 9.59 Å². The minimum Gasteiger partial charge on any atom is -0.322 e. The van der Waals surface area contributed by atoms with Gasteiger partial charge in [0.25, 0.3) is 5.91 Å². The SMILES string of the molecule is CC(C)C(=O)C(=Cc1cccs1)C(=O)Nc1ccccc1. The van der Waals surface area contributed by atoms with E-state index in [4.69, 9.17) is 0 Å². The molecule has 1 N–H and O–H groups in total. The fraction of sp³-hybridized carbons (Fsp3) is 0.176. The summed E-state index contributed by atoms with van der Waals surface area (Å²) >= 11 is 1.50. The molecule has 0 radical (unpaired) electrons. The first-order chi connectivity index (χ1) is 10.1. The molecule has 0 unspecified atom stereocenters. The maximum Gasteiger partial charge on any atom is 0.259 e. The Hall–Kier alpha value is -2.20. The normalized spacial score (nSPS) is 11.5. The number of para-hydroxylation sites is 1. The van der Waals surface area contributed by atoms with Gasteiger partial charge in [0.1, 0.15) is 0 Å². The lowest BCUT2D eigenvalue weighted by molar-refractivity contribution is -0.121. The number of thiophene rings is 1. The summed E-state index contributed by atoms with van der Waals surface area (Å²) in [7, 11) is 0. The standard InChI is InChI=1S/C17H17NO2S/c1-12(2)16(19)15(11-14-9-6-10-21-14)17(20)18-13-7-4-3-5-8-13/h3-12H,1-2H3,(H,18,20). The Morgan fingerprint density at radius 2 is 1.81 bits per heavy atom. The monoisotopic (exact) mass is 299 g/mol. The molecule has 1 amide bonds. The molecular formula is C17H17NO2S. The number of carbonyl (C=O) groups is 2. The molecule has 0 saturated carbocycles. The third kappa shape index (κ3) is 4.13. The van der Waals surface area contributed by atoms with E-state index in [1.54, 1.807) is 32.1 Å². The molecule has 108 valence electrons. The lowest BCUT2D eigenvalue weighted by atomic mass is 9.99. The molecule has 21 heavy (non-hydrogen) atoms. The van der Waals surface area contributed by atoms with E-state index < -0.39 is 0 Å². The Bertz CT molecular complexity index is 643. The van der Waals surface area contributed by atoms with Crippen LogP contribution in [0, 0.1) is 5.92 Å². The number of hydrogen-bond acceptors (Lipinski definition) is 3. The van der Waals surface area contributed by atoms with Gasteiger partial charge in [-0.15, -0.1) is 11.3 Å². The van der Waals surface area contributed by atoms with Gasteiger partial charge < -0.3 is 5.32 Å². The molecule has 0 fully saturated rings. The lowest BCUT2D eigenvalue weighted by Crippen LogP contribution is -2.23. The van der Waals surface area contributed by atoms with Gasteiger partial charge in [0, 0.05) is 16.5 Å². The van der Waals surface area contributed by atoms with Crippen LogP contribution in [0.25, 0.3) is 6.08 Å². The van der Waals surface area contributed by atoms with Crippen molar-refractivity contribution in [3.05, 3.63) is 58.3 Å². The number of amides is 1. The van der Waals surface area contributed by atoms with Crippen molar-refractivity contribution in [1.29, 1.82) is 0 Å². The van der Waals surface area contributed by atoms with E-state index in [1.807, 2.05) is 35.7 Å². The summed E-state index contributed by atoms with van der Waals surface area (Å²) in [4.78, 5) is 25.6. The number of nitrogens with one attached hydrogen (secondary N) is 1. The molecule has 0 aliphatic heterocycles. The fourth-order valence-corrected chi connectivity index (χ4v) is 2.45. The van der Waals surface area contributed by atoms with Gasteiger partial charge >= 0.3 is 0 Å². The van der Waals surface area contributed by atoms with Crippen LogP contribution in [0.5, 0.6) is 0 Å². The molecule has 0 saturated heterocycles. The average Bonchev–Trinajstić information content (AvgIpc) is 2.98. The second-order valence-electron chi connectivity index (χ2n) is 4.91. The molecule has 0 bridgehead atoms. The number of rotatable bonds is 5. The Balaban J connectivity index is 2.27. The molecule has 3 nitrogen and oxygen atoms in total. The van der Waals surface area contributed by atoms with Crippen molar-refractivity contribution >= 4 is 34.8 Å². The van der Waals surface area contributed by atoms with Crippen LogP contribution in [-0.4, -0.2) is 11.7 Å². The highest BCUT2D eigenvalue weighted by atomic mass is 32.1. The number of Topliss-reactive ketones (excluding diaryl/α,β-unsaturated/α-hetero) is 1. The Labute approximate surface area is 128 Å². The van der Waals surface area contributed by atoms with E-state index >= 15 is 0 Å². The van der Waals surface area contributed by atoms with E-state index in [0.29, 0.717) is 5.69 Å². The van der Waals surface area contributed by atoms with Crippen LogP contribution in [0.3, 0.4) is 0 Å². The zero-order valence-corrected chi connectivity index (χ0v) is 12.8. The van der Waals surface area contributed by atoms with Gasteiger partial charge in [-0.2, -0.15) is 0 Å². The maximum absolute atomic E-state index is 12.4. The maximum atomic E-state index is 12.4. The number of anilines is 1. The van der Waals surface area contributed by atoms with E-state index in [-0.39, 0.29) is 23.2 Å². The Morgan fingerprint density at radius 3 is 2.38 bits per heavy atom. The third-order valence-corrected chi connectivity index (χ3v) is 3.72. The predicted octanol–water partition coefficient (Wildman–Crippen LogP) is 4.00. The van der Waals surface area contributed by atoms with Gasteiger partial charge in [0.15, 0.2) is 5.78 Å². The first kappa shape index (κ1) is 15.2. The molecule has 1 heterocycles. The Kier molecular flexibility index (Phi) is 5.06. The van der Waals surface area contributed by atoms with Crippen LogP contribution in [0.4, 0.5) is 5.69 Å². The highest BCUT2D eigenvalue weighted by Crippen LogP contribution is 2.18. The van der Waals surface area contributed by atoms with Crippen molar-refractivity contribution in [2.45, 2.75) is 13.8 Å². The number of carbonyl (C=O) groups excluding carboxylic acids is 2. The lowest BCUT2D eigenvalue weighted by Gasteiger charge is -2.10. The molecular weight excluding hydrogens is 282 g/mol. The van der Waals surface area contributed by atoms with Crippen molar-refractivity contribution in [2.75, 3.05) is 5.32 Å². The van der Waals surface area contributed by atoms with Gasteiger partial charge in [0.2, 0.25) is 0 Å². The largest absolute Gasteiger partial charge is 0.322 e. The van der Waals surface area contributed by atoms with E-state index in [9.17, 15) is 9.59 Å². The zero-order valence-electron chi connectivity index (χ0n) is 12.0. The fourth-order valence-electron chi connectivity index (χ4n) is 1.80. The van der Waals surface area contributed by atoms with Gasteiger partial charge in [-0.3, -0.25) is 9.59 Å². The minimum atomic E-state index is -0.367. The quantitative estimate of drug-likeness (QED) is 0.515. The summed E-state index contributed by atoms with van der Waals surface area (Å²) in [6.45, 7) is 3.58. The zero-order chi connectivity index (χ0) is 15.2. The summed E-state index contributed by atoms with van der Waals surface area (Å²) in [5.74, 6) is -0.747. The third-order valence-electron chi connectivity index (χ3n) is 2.90. The van der Waals surface area contributed by atoms with Crippen LogP contribution in [0.1, 0.15) is 18.7 Å². The topological polar surface area (TPSA) is 46.2 Å². The van der Waals surface area contributed by atoms with Crippen LogP contribution in [0.2, 0.25) is 0 Å². The molecule has 0 aliphatic carbocycles. The van der Waals surface area contributed by atoms with Gasteiger partial charge in [-0.05, 0) is 29.7 Å². The van der Waals surface area contributed by atoms with E-state index in [2.05, 4.69) is 5.32 Å². The highest BCUT2D eigenvalue weighted by molar-refractivity contribution is 7.10. The first-order valence-corrected chi connectivity index (χ1v) is 7.61. The van der Waals surface area contributed by atoms with Crippen molar-refractivity contribution in [3.63, 3.8) is 0 Å².